The molecule has 0 aliphatic rings. The molecule has 27 heavy (non-hydrogen) atoms. The Balaban J connectivity index is 1.67. The summed E-state index contributed by atoms with van der Waals surface area (Å²) in [6.45, 7) is 4.57. The van der Waals surface area contributed by atoms with Gasteiger partial charge in [-0.05, 0) is 55.3 Å². The van der Waals surface area contributed by atoms with E-state index in [4.69, 9.17) is 23.2 Å². The van der Waals surface area contributed by atoms with E-state index < -0.39 is 0 Å². The van der Waals surface area contributed by atoms with Crippen molar-refractivity contribution in [1.82, 2.24) is 15.2 Å². The van der Waals surface area contributed by atoms with Gasteiger partial charge in [-0.3, -0.25) is 9.48 Å². The zero-order valence-corrected chi connectivity index (χ0v) is 16.4. The predicted octanol–water partition coefficient (Wildman–Crippen LogP) is 4.62. The lowest BCUT2D eigenvalue weighted by Gasteiger charge is -2.07. The van der Waals surface area contributed by atoms with Crippen molar-refractivity contribution in [2.45, 2.75) is 20.4 Å². The van der Waals surface area contributed by atoms with Gasteiger partial charge < -0.3 is 0 Å². The minimum absolute atomic E-state index is 0.290. The summed E-state index contributed by atoms with van der Waals surface area (Å²) in [4.78, 5) is 12.3. The Bertz CT molecular complexity index is 1010. The topological polar surface area (TPSA) is 59.3 Å². The van der Waals surface area contributed by atoms with Gasteiger partial charge in [-0.15, -0.1) is 0 Å². The Kier molecular flexibility index (Phi) is 5.94. The highest BCUT2D eigenvalue weighted by atomic mass is 35.5. The highest BCUT2D eigenvalue weighted by Crippen LogP contribution is 2.21. The lowest BCUT2D eigenvalue weighted by atomic mass is 10.1. The molecule has 0 saturated carbocycles. The molecule has 5 nitrogen and oxygen atoms in total. The van der Waals surface area contributed by atoms with Crippen LogP contribution in [0, 0.1) is 13.8 Å². The van der Waals surface area contributed by atoms with Crippen LogP contribution in [0.3, 0.4) is 0 Å². The minimum atomic E-state index is -0.290. The van der Waals surface area contributed by atoms with Crippen molar-refractivity contribution < 1.29 is 4.79 Å². The molecule has 0 saturated heterocycles. The number of aromatic nitrogens is 2. The molecule has 1 N–H and O–H groups in total. The molecule has 1 amide bonds. The molecule has 0 fully saturated rings. The second-order valence-electron chi connectivity index (χ2n) is 6.16. The maximum absolute atomic E-state index is 12.3. The summed E-state index contributed by atoms with van der Waals surface area (Å²) >= 11 is 11.8. The zero-order valence-electron chi connectivity index (χ0n) is 14.9. The van der Waals surface area contributed by atoms with Crippen LogP contribution in [-0.2, 0) is 6.54 Å². The Morgan fingerprint density at radius 3 is 2.67 bits per heavy atom. The van der Waals surface area contributed by atoms with Gasteiger partial charge in [0.25, 0.3) is 5.91 Å². The largest absolute Gasteiger partial charge is 0.271 e. The normalized spacial score (nSPS) is 11.1. The average molecular weight is 401 g/mol. The molecular formula is C20H18Cl2N4O. The summed E-state index contributed by atoms with van der Waals surface area (Å²) < 4.78 is 1.91. The lowest BCUT2D eigenvalue weighted by Crippen LogP contribution is -2.18. The number of rotatable bonds is 5. The fourth-order valence-electron chi connectivity index (χ4n) is 2.64. The van der Waals surface area contributed by atoms with Gasteiger partial charge in [0, 0.05) is 11.3 Å². The number of carbonyl (C=O) groups excluding carboxylic acids is 1. The number of hydrogen-bond acceptors (Lipinski definition) is 3. The van der Waals surface area contributed by atoms with Crippen molar-refractivity contribution in [2.24, 2.45) is 5.10 Å². The molecular weight excluding hydrogens is 383 g/mol. The molecule has 0 atom stereocenters. The van der Waals surface area contributed by atoms with E-state index in [0.717, 1.165) is 22.5 Å². The van der Waals surface area contributed by atoms with E-state index in [1.54, 1.807) is 24.3 Å². The van der Waals surface area contributed by atoms with Crippen molar-refractivity contribution >= 4 is 35.3 Å². The first-order valence-corrected chi connectivity index (χ1v) is 9.06. The van der Waals surface area contributed by atoms with Crippen LogP contribution >= 0.6 is 23.2 Å². The van der Waals surface area contributed by atoms with E-state index in [2.05, 4.69) is 15.6 Å². The van der Waals surface area contributed by atoms with E-state index in [1.807, 2.05) is 42.8 Å². The summed E-state index contributed by atoms with van der Waals surface area (Å²) in [5.74, 6) is -0.290. The van der Waals surface area contributed by atoms with E-state index in [9.17, 15) is 4.79 Å². The van der Waals surface area contributed by atoms with Gasteiger partial charge >= 0.3 is 0 Å². The van der Waals surface area contributed by atoms with Crippen molar-refractivity contribution in [3.63, 3.8) is 0 Å². The van der Waals surface area contributed by atoms with Crippen molar-refractivity contribution in [3.05, 3.63) is 86.7 Å². The van der Waals surface area contributed by atoms with Gasteiger partial charge in [-0.1, -0.05) is 41.4 Å². The Hall–Kier alpha value is -2.63. The summed E-state index contributed by atoms with van der Waals surface area (Å²) in [5, 5.41) is 9.33. The fraction of sp³-hybridized carbons (Fsp3) is 0.150. The van der Waals surface area contributed by atoms with Crippen LogP contribution in [0.4, 0.5) is 0 Å². The van der Waals surface area contributed by atoms with Gasteiger partial charge in [-0.2, -0.15) is 10.2 Å². The van der Waals surface area contributed by atoms with Crippen molar-refractivity contribution in [2.75, 3.05) is 0 Å². The molecule has 0 bridgehead atoms. The Labute approximate surface area is 167 Å². The van der Waals surface area contributed by atoms with Crippen LogP contribution in [-0.4, -0.2) is 21.9 Å². The average Bonchev–Trinajstić information content (AvgIpc) is 2.95. The predicted molar refractivity (Wildman–Crippen MR) is 109 cm³/mol. The molecule has 0 unspecified atom stereocenters. The number of aryl methyl sites for hydroxylation is 2. The Morgan fingerprint density at radius 1 is 1.15 bits per heavy atom. The standard InChI is InChI=1S/C20H18Cl2N4O/c1-13-8-14(2)26(25-13)12-16-4-3-5-17(9-16)20(27)24-23-11-15-6-7-18(21)19(22)10-15/h3-11H,12H2,1-2H3,(H,24,27)/b23-11+. The number of nitrogens with one attached hydrogen (secondary N) is 1. The number of nitrogens with zero attached hydrogens (tertiary/aromatic N) is 3. The number of hydrazone groups is 1. The van der Waals surface area contributed by atoms with Crippen molar-refractivity contribution in [3.8, 4) is 0 Å². The highest BCUT2D eigenvalue weighted by Gasteiger charge is 2.07. The Morgan fingerprint density at radius 2 is 1.96 bits per heavy atom. The fourth-order valence-corrected chi connectivity index (χ4v) is 2.95. The molecule has 3 rings (SSSR count). The van der Waals surface area contributed by atoms with E-state index in [1.165, 1.54) is 6.21 Å². The molecule has 3 aromatic rings. The summed E-state index contributed by atoms with van der Waals surface area (Å²) in [7, 11) is 0. The van der Waals surface area contributed by atoms with Crippen LogP contribution in [0.5, 0.6) is 0 Å². The van der Waals surface area contributed by atoms with Crippen LogP contribution in [0.1, 0.15) is 32.9 Å². The third kappa shape index (κ3) is 4.96. The van der Waals surface area contributed by atoms with Crippen LogP contribution in [0.2, 0.25) is 10.0 Å². The number of hydrogen-bond donors (Lipinski definition) is 1. The number of benzene rings is 2. The number of halogens is 2. The number of amides is 1. The van der Waals surface area contributed by atoms with E-state index in [-0.39, 0.29) is 5.91 Å². The van der Waals surface area contributed by atoms with Crippen LogP contribution in [0.25, 0.3) is 0 Å². The van der Waals surface area contributed by atoms with E-state index >= 15 is 0 Å². The van der Waals surface area contributed by atoms with Crippen molar-refractivity contribution in [1.29, 1.82) is 0 Å². The SMILES string of the molecule is Cc1cc(C)n(Cc2cccc(C(=O)N/N=C/c3ccc(Cl)c(Cl)c3)c2)n1. The molecule has 0 radical (unpaired) electrons. The van der Waals surface area contributed by atoms with Gasteiger partial charge in [0.05, 0.1) is 28.5 Å². The summed E-state index contributed by atoms with van der Waals surface area (Å²) in [6.07, 6.45) is 1.51. The molecule has 1 aromatic heterocycles. The maximum Gasteiger partial charge on any atom is 0.271 e. The van der Waals surface area contributed by atoms with Gasteiger partial charge in [0.2, 0.25) is 0 Å². The molecule has 7 heteroatoms. The second-order valence-corrected chi connectivity index (χ2v) is 6.97. The van der Waals surface area contributed by atoms with Gasteiger partial charge in [0.15, 0.2) is 0 Å². The first kappa shape index (κ1) is 19.1. The molecule has 0 aliphatic carbocycles. The van der Waals surface area contributed by atoms with E-state index in [0.29, 0.717) is 22.2 Å². The third-order valence-electron chi connectivity index (χ3n) is 3.95. The molecule has 1 heterocycles. The maximum atomic E-state index is 12.3. The molecule has 0 aliphatic heterocycles. The van der Waals surface area contributed by atoms with Gasteiger partial charge in [0.1, 0.15) is 0 Å². The smallest absolute Gasteiger partial charge is 0.267 e. The minimum Gasteiger partial charge on any atom is -0.267 e. The first-order chi connectivity index (χ1) is 12.9. The molecule has 138 valence electrons. The highest BCUT2D eigenvalue weighted by molar-refractivity contribution is 6.42. The van der Waals surface area contributed by atoms with Crippen LogP contribution in [0.15, 0.2) is 53.6 Å². The monoisotopic (exact) mass is 400 g/mol. The second kappa shape index (κ2) is 8.37. The molecule has 2 aromatic carbocycles. The molecule has 0 spiro atoms. The zero-order chi connectivity index (χ0) is 19.4. The number of carbonyl (C=O) groups is 1. The summed E-state index contributed by atoms with van der Waals surface area (Å²) in [6, 6.07) is 14.5. The third-order valence-corrected chi connectivity index (χ3v) is 4.69. The van der Waals surface area contributed by atoms with Gasteiger partial charge in [-0.25, -0.2) is 5.43 Å². The first-order valence-electron chi connectivity index (χ1n) is 8.31. The quantitative estimate of drug-likeness (QED) is 0.501. The van der Waals surface area contributed by atoms with Crippen LogP contribution < -0.4 is 5.43 Å². The lowest BCUT2D eigenvalue weighted by molar-refractivity contribution is 0.0955. The summed E-state index contributed by atoms with van der Waals surface area (Å²) in [5.41, 5.74) is 6.82.